The number of nitrogens with zero attached hydrogens (tertiary/aromatic N) is 2. The Balaban J connectivity index is 3.49. The normalized spacial score (nSPS) is 13.0. The lowest BCUT2D eigenvalue weighted by Crippen LogP contribution is -2.19. The molecule has 0 aromatic heterocycles. The van der Waals surface area contributed by atoms with Gasteiger partial charge in [0, 0.05) is 37.2 Å². The van der Waals surface area contributed by atoms with Gasteiger partial charge in [0.15, 0.2) is 0 Å². The number of hydrogen-bond acceptors (Lipinski definition) is 12. The molecule has 0 fully saturated rings. The number of ether oxygens (including phenoxy) is 4. The molecule has 0 amide bonds. The van der Waals surface area contributed by atoms with E-state index >= 15 is 0 Å². The molecule has 0 aromatic rings. The van der Waals surface area contributed by atoms with Crippen LogP contribution in [-0.4, -0.2) is 61.8 Å². The number of nitriles is 2. The minimum Gasteiger partial charge on any atom is -0.466 e. The van der Waals surface area contributed by atoms with Crippen molar-refractivity contribution in [2.24, 2.45) is 10.8 Å². The number of carbonyl (C=O) groups is 4. The van der Waals surface area contributed by atoms with E-state index in [1.165, 1.54) is 101 Å². The first-order valence-corrected chi connectivity index (χ1v) is 26.2. The molecule has 0 aliphatic carbocycles. The van der Waals surface area contributed by atoms with Crippen molar-refractivity contribution in [3.8, 4) is 12.1 Å². The number of rotatable bonds is 43. The van der Waals surface area contributed by atoms with Crippen LogP contribution in [0.4, 0.5) is 0 Å². The van der Waals surface area contributed by atoms with E-state index in [1.807, 2.05) is 35.4 Å². The van der Waals surface area contributed by atoms with Crippen molar-refractivity contribution in [2.75, 3.05) is 37.9 Å². The van der Waals surface area contributed by atoms with E-state index in [0.29, 0.717) is 52.1 Å². The first kappa shape index (κ1) is 57.6. The summed E-state index contributed by atoms with van der Waals surface area (Å²) in [7, 11) is 4.06. The fraction of sp³-hybridized carbons (Fsp3) is 0.875. The maximum Gasteiger partial charge on any atom is 0.305 e. The Morgan fingerprint density at radius 2 is 0.633 bits per heavy atom. The standard InChI is InChI=1S/C48H84N2O8S2/c1-5-7-35-55-43(51)27-31-47(3,41-49)33-29-45(53)57-37-23-19-15-11-9-13-17-21-25-39-59-60-40-26-22-18-14-10-12-16-20-24-38-58-46(54)30-34-48(4,42-50)32-28-44(52)56-36-8-6-2/h5-40H2,1-4H3. The van der Waals surface area contributed by atoms with Gasteiger partial charge < -0.3 is 18.9 Å². The van der Waals surface area contributed by atoms with Gasteiger partial charge in [0.25, 0.3) is 0 Å². The molecule has 12 heteroatoms. The molecule has 0 saturated heterocycles. The van der Waals surface area contributed by atoms with Gasteiger partial charge in [-0.05, 0) is 78.1 Å². The van der Waals surface area contributed by atoms with Crippen LogP contribution in [0.2, 0.25) is 0 Å². The summed E-state index contributed by atoms with van der Waals surface area (Å²) in [5.74, 6) is 1.39. The molecule has 60 heavy (non-hydrogen) atoms. The van der Waals surface area contributed by atoms with Crippen LogP contribution >= 0.6 is 21.6 Å². The monoisotopic (exact) mass is 881 g/mol. The van der Waals surface area contributed by atoms with Crippen molar-refractivity contribution >= 4 is 45.5 Å². The zero-order valence-corrected chi connectivity index (χ0v) is 40.1. The molecule has 0 aliphatic heterocycles. The molecule has 0 aromatic carbocycles. The Hall–Kier alpha value is -2.44. The summed E-state index contributed by atoms with van der Waals surface area (Å²) >= 11 is 0. The molecule has 0 saturated carbocycles. The van der Waals surface area contributed by atoms with E-state index in [1.54, 1.807) is 13.8 Å². The highest BCUT2D eigenvalue weighted by Crippen LogP contribution is 2.30. The summed E-state index contributed by atoms with van der Waals surface area (Å²) in [5, 5.41) is 19.2. The highest BCUT2D eigenvalue weighted by atomic mass is 33.1. The third-order valence-corrected chi connectivity index (χ3v) is 13.5. The molecule has 0 rings (SSSR count). The van der Waals surface area contributed by atoms with Crippen LogP contribution < -0.4 is 0 Å². The molecule has 0 heterocycles. The predicted molar refractivity (Wildman–Crippen MR) is 246 cm³/mol. The van der Waals surface area contributed by atoms with E-state index < -0.39 is 10.8 Å². The predicted octanol–water partition coefficient (Wildman–Crippen LogP) is 13.3. The Morgan fingerprint density at radius 1 is 0.400 bits per heavy atom. The number of hydrogen-bond donors (Lipinski definition) is 0. The fourth-order valence-electron chi connectivity index (χ4n) is 6.43. The van der Waals surface area contributed by atoms with Crippen LogP contribution in [-0.2, 0) is 38.1 Å². The van der Waals surface area contributed by atoms with E-state index in [9.17, 15) is 29.7 Å². The largest absolute Gasteiger partial charge is 0.466 e. The Kier molecular flexibility index (Phi) is 39.0. The summed E-state index contributed by atoms with van der Waals surface area (Å²) in [6.07, 6.45) is 27.6. The average molecular weight is 881 g/mol. The summed E-state index contributed by atoms with van der Waals surface area (Å²) in [6, 6.07) is 4.54. The van der Waals surface area contributed by atoms with Crippen molar-refractivity contribution < 1.29 is 38.1 Å². The lowest BCUT2D eigenvalue weighted by atomic mass is 9.82. The molecular weight excluding hydrogens is 797 g/mol. The average Bonchev–Trinajstić information content (AvgIpc) is 3.24. The van der Waals surface area contributed by atoms with Gasteiger partial charge in [-0.25, -0.2) is 0 Å². The van der Waals surface area contributed by atoms with Gasteiger partial charge in [-0.3, -0.25) is 19.2 Å². The number of esters is 4. The quantitative estimate of drug-likeness (QED) is 0.0248. The highest BCUT2D eigenvalue weighted by molar-refractivity contribution is 8.76. The van der Waals surface area contributed by atoms with Crippen molar-refractivity contribution in [1.82, 2.24) is 0 Å². The van der Waals surface area contributed by atoms with Gasteiger partial charge in [0.2, 0.25) is 0 Å². The lowest BCUT2D eigenvalue weighted by Gasteiger charge is -2.20. The van der Waals surface area contributed by atoms with E-state index in [2.05, 4.69) is 12.1 Å². The van der Waals surface area contributed by atoms with Gasteiger partial charge in [0.1, 0.15) is 0 Å². The molecule has 0 radical (unpaired) electrons. The molecule has 10 nitrogen and oxygen atoms in total. The first-order chi connectivity index (χ1) is 29.0. The van der Waals surface area contributed by atoms with Gasteiger partial charge in [-0.2, -0.15) is 10.5 Å². The van der Waals surface area contributed by atoms with Crippen LogP contribution in [0.1, 0.15) is 220 Å². The molecule has 0 aliphatic rings. The summed E-state index contributed by atoms with van der Waals surface area (Å²) in [4.78, 5) is 48.1. The third kappa shape index (κ3) is 37.3. The van der Waals surface area contributed by atoms with Crippen LogP contribution in [0.3, 0.4) is 0 Å². The Morgan fingerprint density at radius 3 is 0.883 bits per heavy atom. The second kappa shape index (κ2) is 40.6. The van der Waals surface area contributed by atoms with E-state index in [0.717, 1.165) is 51.4 Å². The fourth-order valence-corrected chi connectivity index (χ4v) is 8.72. The van der Waals surface area contributed by atoms with Crippen LogP contribution in [0.5, 0.6) is 0 Å². The minimum absolute atomic E-state index is 0.193. The summed E-state index contributed by atoms with van der Waals surface area (Å²) in [6.45, 7) is 9.37. The Bertz CT molecular complexity index is 1100. The maximum atomic E-state index is 12.2. The SMILES string of the molecule is CCCCOC(=O)CCC(C)(C#N)CCC(=O)OCCCCCCCCCCCSSCCCCCCCCCCCOC(=O)CCC(C)(C#N)CCC(=O)OCCCC. The highest BCUT2D eigenvalue weighted by Gasteiger charge is 2.27. The van der Waals surface area contributed by atoms with Crippen LogP contribution in [0.25, 0.3) is 0 Å². The van der Waals surface area contributed by atoms with Crippen molar-refractivity contribution in [1.29, 1.82) is 10.5 Å². The number of carbonyl (C=O) groups excluding carboxylic acids is 4. The molecular formula is C48H84N2O8S2. The van der Waals surface area contributed by atoms with Crippen molar-refractivity contribution in [3.05, 3.63) is 0 Å². The van der Waals surface area contributed by atoms with E-state index in [4.69, 9.17) is 18.9 Å². The molecule has 2 unspecified atom stereocenters. The first-order valence-electron chi connectivity index (χ1n) is 23.7. The lowest BCUT2D eigenvalue weighted by molar-refractivity contribution is -0.146. The topological polar surface area (TPSA) is 153 Å². The minimum atomic E-state index is -0.736. The summed E-state index contributed by atoms with van der Waals surface area (Å²) in [5.41, 5.74) is -1.47. The van der Waals surface area contributed by atoms with E-state index in [-0.39, 0.29) is 49.6 Å². The zero-order chi connectivity index (χ0) is 44.4. The summed E-state index contributed by atoms with van der Waals surface area (Å²) < 4.78 is 21.1. The third-order valence-electron chi connectivity index (χ3n) is 10.9. The maximum absolute atomic E-state index is 12.2. The second-order valence-electron chi connectivity index (χ2n) is 16.9. The number of unbranched alkanes of at least 4 members (excludes halogenated alkanes) is 18. The van der Waals surface area contributed by atoms with Gasteiger partial charge in [0.05, 0.1) is 49.4 Å². The van der Waals surface area contributed by atoms with Crippen molar-refractivity contribution in [2.45, 2.75) is 220 Å². The van der Waals surface area contributed by atoms with Gasteiger partial charge >= 0.3 is 23.9 Å². The van der Waals surface area contributed by atoms with Gasteiger partial charge in [-0.15, -0.1) is 0 Å². The molecule has 346 valence electrons. The van der Waals surface area contributed by atoms with Gasteiger partial charge in [-0.1, -0.05) is 138 Å². The Labute approximate surface area is 373 Å². The van der Waals surface area contributed by atoms with Crippen LogP contribution in [0.15, 0.2) is 0 Å². The molecule has 0 bridgehead atoms. The molecule has 0 N–H and O–H groups in total. The van der Waals surface area contributed by atoms with Crippen molar-refractivity contribution in [3.63, 3.8) is 0 Å². The smallest absolute Gasteiger partial charge is 0.305 e. The molecule has 0 spiro atoms. The van der Waals surface area contributed by atoms with Crippen LogP contribution in [0, 0.1) is 33.5 Å². The molecule has 2 atom stereocenters. The zero-order valence-electron chi connectivity index (χ0n) is 38.4. The second-order valence-corrected chi connectivity index (χ2v) is 19.6.